The minimum Gasteiger partial charge on any atom is -0.387 e. The number of rotatable bonds is 43. The molecule has 1 amide bonds. The van der Waals surface area contributed by atoms with Crippen LogP contribution in [0.2, 0.25) is 0 Å². The number of quaternary nitrogens is 1. The first-order valence-corrected chi connectivity index (χ1v) is 25.5. The Kier molecular flexibility index (Phi) is 39.8. The summed E-state index contributed by atoms with van der Waals surface area (Å²) in [6.07, 6.45) is 52.1. The Hall–Kier alpha value is -1.54. The quantitative estimate of drug-likeness (QED) is 0.0244. The summed E-state index contributed by atoms with van der Waals surface area (Å²) in [5.41, 5.74) is 0. The van der Waals surface area contributed by atoms with E-state index in [0.717, 1.165) is 51.4 Å². The summed E-state index contributed by atoms with van der Waals surface area (Å²) < 4.78 is 23.5. The molecule has 0 radical (unpaired) electrons. The van der Waals surface area contributed by atoms with E-state index >= 15 is 0 Å². The van der Waals surface area contributed by atoms with Crippen molar-refractivity contribution in [2.45, 2.75) is 219 Å². The Morgan fingerprint density at radius 3 is 1.45 bits per heavy atom. The fraction of sp³-hybridized carbons (Fsp3) is 0.816. The number of unbranched alkanes of at least 4 members (excludes halogenated alkanes) is 24. The fourth-order valence-corrected chi connectivity index (χ4v) is 7.40. The van der Waals surface area contributed by atoms with Gasteiger partial charge >= 0.3 is 7.82 Å². The Morgan fingerprint density at radius 2 is 0.983 bits per heavy atom. The number of allylic oxidation sites excluding steroid dienone is 7. The van der Waals surface area contributed by atoms with E-state index in [1.807, 2.05) is 27.2 Å². The Bertz CT molecular complexity index is 1090. The Balaban J connectivity index is 4.22. The van der Waals surface area contributed by atoms with Crippen LogP contribution in [-0.4, -0.2) is 73.4 Å². The summed E-state index contributed by atoms with van der Waals surface area (Å²) in [4.78, 5) is 23.1. The number of aliphatic hydroxyl groups excluding tert-OH is 1. The molecule has 58 heavy (non-hydrogen) atoms. The lowest BCUT2D eigenvalue weighted by Crippen LogP contribution is -2.45. The van der Waals surface area contributed by atoms with Crippen molar-refractivity contribution in [2.75, 3.05) is 40.9 Å². The van der Waals surface area contributed by atoms with Crippen molar-refractivity contribution < 1.29 is 32.9 Å². The Labute approximate surface area is 359 Å². The normalized spacial score (nSPS) is 14.7. The predicted molar refractivity (Wildman–Crippen MR) is 249 cm³/mol. The van der Waals surface area contributed by atoms with E-state index in [1.54, 1.807) is 6.08 Å². The van der Waals surface area contributed by atoms with E-state index in [2.05, 4.69) is 55.6 Å². The van der Waals surface area contributed by atoms with E-state index in [9.17, 15) is 19.4 Å². The van der Waals surface area contributed by atoms with Gasteiger partial charge in [0.05, 0.1) is 39.9 Å². The molecule has 3 unspecified atom stereocenters. The maximum atomic E-state index is 12.9. The minimum atomic E-state index is -4.35. The SMILES string of the molecule is CCC/C=C/CC/C=C/CC/C=C/C(O)C(COP(=O)(O)OCC[N+](C)(C)C)NC(=O)CCCCCCCCCCC/C=C\CCCCCCCCCCCCCC. The molecular weight excluding hydrogens is 744 g/mol. The van der Waals surface area contributed by atoms with Crippen LogP contribution in [0.25, 0.3) is 0 Å². The average Bonchev–Trinajstić information content (AvgIpc) is 3.17. The number of aliphatic hydroxyl groups is 1. The second-order valence-electron chi connectivity index (χ2n) is 17.5. The molecule has 3 N–H and O–H groups in total. The maximum Gasteiger partial charge on any atom is 0.472 e. The van der Waals surface area contributed by atoms with Crippen LogP contribution in [0.15, 0.2) is 48.6 Å². The van der Waals surface area contributed by atoms with Crippen LogP contribution in [0.4, 0.5) is 0 Å². The van der Waals surface area contributed by atoms with Gasteiger partial charge in [0, 0.05) is 6.42 Å². The molecule has 0 aromatic rings. The summed E-state index contributed by atoms with van der Waals surface area (Å²) in [5.74, 6) is -0.196. The molecule has 8 nitrogen and oxygen atoms in total. The van der Waals surface area contributed by atoms with Crippen LogP contribution in [0, 0.1) is 0 Å². The summed E-state index contributed by atoms with van der Waals surface area (Å²) in [6.45, 7) is 4.71. The molecule has 0 aliphatic rings. The first-order chi connectivity index (χ1) is 28.0. The smallest absolute Gasteiger partial charge is 0.387 e. The van der Waals surface area contributed by atoms with Crippen LogP contribution < -0.4 is 5.32 Å². The monoisotopic (exact) mass is 838 g/mol. The van der Waals surface area contributed by atoms with Gasteiger partial charge in [-0.05, 0) is 64.2 Å². The average molecular weight is 838 g/mol. The first-order valence-electron chi connectivity index (χ1n) is 24.0. The minimum absolute atomic E-state index is 0.0521. The van der Waals surface area contributed by atoms with Crippen LogP contribution >= 0.6 is 7.82 Å². The van der Waals surface area contributed by atoms with E-state index in [0.29, 0.717) is 17.4 Å². The standard InChI is InChI=1S/C49H93N2O6P/c1-6-8-10-12-14-16-18-19-20-21-22-23-24-25-26-27-28-29-30-31-33-35-37-39-41-43-49(53)50-47(46-57-58(54,55)56-45-44-51(3,4)5)48(52)42-40-38-36-34-32-17-15-13-11-9-7-2/h11,13,25-26,32,34,40,42,47-48,52H,6-10,12,14-24,27-31,33,35-39,41,43-46H2,1-5H3,(H-,50,53,54,55)/p+1/b13-11+,26-25-,34-32+,42-40+. The van der Waals surface area contributed by atoms with Gasteiger partial charge in [-0.2, -0.15) is 0 Å². The summed E-state index contributed by atoms with van der Waals surface area (Å²) in [7, 11) is 1.54. The number of nitrogens with zero attached hydrogens (tertiary/aromatic N) is 1. The highest BCUT2D eigenvalue weighted by Gasteiger charge is 2.27. The van der Waals surface area contributed by atoms with E-state index in [-0.39, 0.29) is 19.1 Å². The molecule has 9 heteroatoms. The number of amides is 1. The number of carbonyl (C=O) groups is 1. The van der Waals surface area contributed by atoms with Crippen LogP contribution in [0.5, 0.6) is 0 Å². The largest absolute Gasteiger partial charge is 0.472 e. The summed E-state index contributed by atoms with van der Waals surface area (Å²) in [5, 5.41) is 13.8. The van der Waals surface area contributed by atoms with Gasteiger partial charge in [-0.25, -0.2) is 4.57 Å². The number of phosphoric acid groups is 1. The molecule has 0 bridgehead atoms. The molecule has 0 saturated carbocycles. The second kappa shape index (κ2) is 40.8. The molecule has 0 spiro atoms. The van der Waals surface area contributed by atoms with E-state index in [1.165, 1.54) is 135 Å². The summed E-state index contributed by atoms with van der Waals surface area (Å²) in [6, 6.07) is -0.869. The van der Waals surface area contributed by atoms with Gasteiger partial charge in [0.1, 0.15) is 13.2 Å². The van der Waals surface area contributed by atoms with Crippen LogP contribution in [0.3, 0.4) is 0 Å². The van der Waals surface area contributed by atoms with Crippen molar-refractivity contribution in [3.05, 3.63) is 48.6 Å². The van der Waals surface area contributed by atoms with Crippen molar-refractivity contribution in [2.24, 2.45) is 0 Å². The Morgan fingerprint density at radius 1 is 0.569 bits per heavy atom. The van der Waals surface area contributed by atoms with Gasteiger partial charge in [0.2, 0.25) is 5.91 Å². The number of hydrogen-bond donors (Lipinski definition) is 3. The number of nitrogens with one attached hydrogen (secondary N) is 1. The highest BCUT2D eigenvalue weighted by molar-refractivity contribution is 7.47. The number of likely N-dealkylation sites (N-methyl/N-ethyl adjacent to an activating group) is 1. The number of carbonyl (C=O) groups excluding carboxylic acids is 1. The fourth-order valence-electron chi connectivity index (χ4n) is 6.66. The van der Waals surface area contributed by atoms with Gasteiger partial charge in [0.15, 0.2) is 0 Å². The zero-order valence-electron chi connectivity index (χ0n) is 38.5. The lowest BCUT2D eigenvalue weighted by molar-refractivity contribution is -0.870. The van der Waals surface area contributed by atoms with Gasteiger partial charge in [-0.3, -0.25) is 13.8 Å². The molecule has 0 aliphatic carbocycles. The van der Waals surface area contributed by atoms with Crippen molar-refractivity contribution in [3.63, 3.8) is 0 Å². The van der Waals surface area contributed by atoms with E-state index < -0.39 is 20.0 Å². The molecule has 0 aliphatic heterocycles. The topological polar surface area (TPSA) is 105 Å². The zero-order valence-corrected chi connectivity index (χ0v) is 39.4. The predicted octanol–water partition coefficient (Wildman–Crippen LogP) is 13.6. The molecule has 3 atom stereocenters. The molecular formula is C49H94N2O6P+. The molecule has 0 heterocycles. The third kappa shape index (κ3) is 42.6. The number of phosphoric ester groups is 1. The highest BCUT2D eigenvalue weighted by Crippen LogP contribution is 2.43. The highest BCUT2D eigenvalue weighted by atomic mass is 31.2. The van der Waals surface area contributed by atoms with Crippen LogP contribution in [0.1, 0.15) is 206 Å². The van der Waals surface area contributed by atoms with Crippen molar-refractivity contribution in [3.8, 4) is 0 Å². The van der Waals surface area contributed by atoms with Gasteiger partial charge in [-0.15, -0.1) is 0 Å². The molecule has 340 valence electrons. The van der Waals surface area contributed by atoms with E-state index in [4.69, 9.17) is 9.05 Å². The first kappa shape index (κ1) is 56.5. The molecule has 0 saturated heterocycles. The third-order valence-corrected chi connectivity index (χ3v) is 11.5. The molecule has 0 aromatic heterocycles. The lowest BCUT2D eigenvalue weighted by Gasteiger charge is -2.25. The lowest BCUT2D eigenvalue weighted by atomic mass is 10.0. The van der Waals surface area contributed by atoms with Crippen molar-refractivity contribution in [1.29, 1.82) is 0 Å². The second-order valence-corrected chi connectivity index (χ2v) is 18.9. The van der Waals surface area contributed by atoms with Gasteiger partial charge in [-0.1, -0.05) is 184 Å². The molecule has 0 aromatic carbocycles. The van der Waals surface area contributed by atoms with Crippen molar-refractivity contribution in [1.82, 2.24) is 5.32 Å². The summed E-state index contributed by atoms with van der Waals surface area (Å²) >= 11 is 0. The van der Waals surface area contributed by atoms with Gasteiger partial charge < -0.3 is 19.8 Å². The third-order valence-electron chi connectivity index (χ3n) is 10.5. The number of hydrogen-bond acceptors (Lipinski definition) is 5. The zero-order chi connectivity index (χ0) is 42.8. The molecule has 0 fully saturated rings. The van der Waals surface area contributed by atoms with Crippen molar-refractivity contribution >= 4 is 13.7 Å². The molecule has 0 rings (SSSR count). The maximum absolute atomic E-state index is 12.9. The van der Waals surface area contributed by atoms with Gasteiger partial charge in [0.25, 0.3) is 0 Å². The van der Waals surface area contributed by atoms with Crippen LogP contribution in [-0.2, 0) is 18.4 Å².